The Kier molecular flexibility index (Phi) is 2.83. The standard InChI is InChI=1S/C14H21NO/c1-8(2)12-6-11(15)7-13(14(12)16)9(3)10-4-5-10/h6-10,16H,4-5,15H2,1-3H3. The topological polar surface area (TPSA) is 46.2 Å². The Bertz CT molecular complexity index is 394. The Morgan fingerprint density at radius 3 is 2.25 bits per heavy atom. The van der Waals surface area contributed by atoms with Crippen LogP contribution in [0.4, 0.5) is 5.69 Å². The third-order valence-corrected chi connectivity index (χ3v) is 3.63. The molecule has 1 aromatic rings. The monoisotopic (exact) mass is 219 g/mol. The molecule has 0 radical (unpaired) electrons. The van der Waals surface area contributed by atoms with Crippen molar-refractivity contribution in [3.05, 3.63) is 23.3 Å². The second-order valence-electron chi connectivity index (χ2n) is 5.33. The number of phenolic OH excluding ortho intramolecular Hbond substituents is 1. The summed E-state index contributed by atoms with van der Waals surface area (Å²) in [6, 6.07) is 3.83. The number of phenols is 1. The fourth-order valence-corrected chi connectivity index (χ4v) is 2.34. The molecule has 1 aliphatic rings. The van der Waals surface area contributed by atoms with Crippen LogP contribution in [0.5, 0.6) is 5.75 Å². The molecule has 0 aromatic heterocycles. The highest BCUT2D eigenvalue weighted by Gasteiger charge is 2.31. The van der Waals surface area contributed by atoms with Gasteiger partial charge in [-0.15, -0.1) is 0 Å². The molecule has 2 rings (SSSR count). The van der Waals surface area contributed by atoms with Gasteiger partial charge in [0.2, 0.25) is 0 Å². The van der Waals surface area contributed by atoms with Gasteiger partial charge < -0.3 is 10.8 Å². The molecule has 2 heteroatoms. The molecule has 1 fully saturated rings. The Hall–Kier alpha value is -1.18. The lowest BCUT2D eigenvalue weighted by atomic mass is 9.90. The van der Waals surface area contributed by atoms with E-state index in [1.54, 1.807) is 0 Å². The first-order valence-electron chi connectivity index (χ1n) is 6.13. The van der Waals surface area contributed by atoms with Crippen LogP contribution in [0.2, 0.25) is 0 Å². The molecular weight excluding hydrogens is 198 g/mol. The van der Waals surface area contributed by atoms with Crippen LogP contribution >= 0.6 is 0 Å². The molecule has 0 bridgehead atoms. The second-order valence-corrected chi connectivity index (χ2v) is 5.33. The third-order valence-electron chi connectivity index (χ3n) is 3.63. The molecule has 16 heavy (non-hydrogen) atoms. The molecule has 1 unspecified atom stereocenters. The van der Waals surface area contributed by atoms with Crippen LogP contribution in [-0.2, 0) is 0 Å². The van der Waals surface area contributed by atoms with E-state index in [0.717, 1.165) is 22.7 Å². The zero-order chi connectivity index (χ0) is 11.9. The summed E-state index contributed by atoms with van der Waals surface area (Å²) in [4.78, 5) is 0. The summed E-state index contributed by atoms with van der Waals surface area (Å²) in [7, 11) is 0. The van der Waals surface area contributed by atoms with Crippen molar-refractivity contribution in [2.24, 2.45) is 5.92 Å². The van der Waals surface area contributed by atoms with Crippen molar-refractivity contribution in [1.29, 1.82) is 0 Å². The normalized spacial score (nSPS) is 17.8. The average Bonchev–Trinajstić information content (AvgIpc) is 3.03. The predicted octanol–water partition coefficient (Wildman–Crippen LogP) is 3.61. The van der Waals surface area contributed by atoms with E-state index in [0.29, 0.717) is 17.6 Å². The van der Waals surface area contributed by atoms with Gasteiger partial charge in [0.05, 0.1) is 0 Å². The van der Waals surface area contributed by atoms with Crippen molar-refractivity contribution >= 4 is 5.69 Å². The molecule has 0 spiro atoms. The molecule has 1 atom stereocenters. The van der Waals surface area contributed by atoms with Crippen LogP contribution in [0.15, 0.2) is 12.1 Å². The van der Waals surface area contributed by atoms with Crippen LogP contribution < -0.4 is 5.73 Å². The van der Waals surface area contributed by atoms with Crippen LogP contribution in [0.3, 0.4) is 0 Å². The number of benzene rings is 1. The minimum atomic E-state index is 0.314. The molecular formula is C14H21NO. The average molecular weight is 219 g/mol. The second kappa shape index (κ2) is 4.00. The van der Waals surface area contributed by atoms with Gasteiger partial charge in [-0.3, -0.25) is 0 Å². The number of hydrogen-bond donors (Lipinski definition) is 2. The fraction of sp³-hybridized carbons (Fsp3) is 0.571. The Morgan fingerprint density at radius 2 is 1.75 bits per heavy atom. The first-order valence-corrected chi connectivity index (χ1v) is 6.13. The highest BCUT2D eigenvalue weighted by atomic mass is 16.3. The molecule has 3 N–H and O–H groups in total. The SMILES string of the molecule is CC(C)c1cc(N)cc(C(C)C2CC2)c1O. The number of rotatable bonds is 3. The summed E-state index contributed by atoms with van der Waals surface area (Å²) in [6.45, 7) is 6.36. The Balaban J connectivity index is 2.43. The Morgan fingerprint density at radius 1 is 1.19 bits per heavy atom. The summed E-state index contributed by atoms with van der Waals surface area (Å²) >= 11 is 0. The molecule has 1 aromatic carbocycles. The molecule has 0 aliphatic heterocycles. The minimum Gasteiger partial charge on any atom is -0.507 e. The Labute approximate surface area is 97.5 Å². The van der Waals surface area contributed by atoms with E-state index in [-0.39, 0.29) is 0 Å². The van der Waals surface area contributed by atoms with Crippen molar-refractivity contribution in [3.8, 4) is 5.75 Å². The first kappa shape index (κ1) is 11.3. The molecule has 2 nitrogen and oxygen atoms in total. The van der Waals surface area contributed by atoms with Gasteiger partial charge in [0, 0.05) is 5.69 Å². The fourth-order valence-electron chi connectivity index (χ4n) is 2.34. The van der Waals surface area contributed by atoms with Gasteiger partial charge in [0.1, 0.15) is 5.75 Å². The van der Waals surface area contributed by atoms with Crippen molar-refractivity contribution in [1.82, 2.24) is 0 Å². The number of aromatic hydroxyl groups is 1. The van der Waals surface area contributed by atoms with Gasteiger partial charge in [-0.25, -0.2) is 0 Å². The lowest BCUT2D eigenvalue weighted by Crippen LogP contribution is -2.02. The van der Waals surface area contributed by atoms with Gasteiger partial charge in [-0.1, -0.05) is 20.8 Å². The molecule has 0 amide bonds. The lowest BCUT2D eigenvalue weighted by Gasteiger charge is -2.18. The van der Waals surface area contributed by atoms with Gasteiger partial charge in [-0.2, -0.15) is 0 Å². The van der Waals surface area contributed by atoms with Crippen molar-refractivity contribution in [3.63, 3.8) is 0 Å². The number of hydrogen-bond acceptors (Lipinski definition) is 2. The molecule has 1 saturated carbocycles. The van der Waals surface area contributed by atoms with Crippen LogP contribution in [-0.4, -0.2) is 5.11 Å². The van der Waals surface area contributed by atoms with E-state index in [2.05, 4.69) is 20.8 Å². The number of anilines is 1. The van der Waals surface area contributed by atoms with Crippen molar-refractivity contribution in [2.75, 3.05) is 5.73 Å². The van der Waals surface area contributed by atoms with E-state index in [4.69, 9.17) is 5.73 Å². The summed E-state index contributed by atoms with van der Waals surface area (Å²) < 4.78 is 0. The summed E-state index contributed by atoms with van der Waals surface area (Å²) in [5.41, 5.74) is 8.69. The first-order chi connectivity index (χ1) is 7.50. The smallest absolute Gasteiger partial charge is 0.122 e. The summed E-state index contributed by atoms with van der Waals surface area (Å²) in [6.07, 6.45) is 2.57. The maximum Gasteiger partial charge on any atom is 0.122 e. The summed E-state index contributed by atoms with van der Waals surface area (Å²) in [5.74, 6) is 1.95. The van der Waals surface area contributed by atoms with Crippen LogP contribution in [0.1, 0.15) is 56.6 Å². The minimum absolute atomic E-state index is 0.314. The van der Waals surface area contributed by atoms with Crippen LogP contribution in [0, 0.1) is 5.92 Å². The van der Waals surface area contributed by atoms with E-state index >= 15 is 0 Å². The van der Waals surface area contributed by atoms with Crippen LogP contribution in [0.25, 0.3) is 0 Å². The van der Waals surface area contributed by atoms with E-state index in [9.17, 15) is 5.11 Å². The van der Waals surface area contributed by atoms with Gasteiger partial charge in [0.15, 0.2) is 0 Å². The summed E-state index contributed by atoms with van der Waals surface area (Å²) in [5, 5.41) is 10.3. The zero-order valence-corrected chi connectivity index (χ0v) is 10.3. The number of nitrogens with two attached hydrogens (primary N) is 1. The lowest BCUT2D eigenvalue weighted by molar-refractivity contribution is 0.449. The highest BCUT2D eigenvalue weighted by molar-refractivity contribution is 5.55. The highest BCUT2D eigenvalue weighted by Crippen LogP contribution is 2.46. The molecule has 88 valence electrons. The predicted molar refractivity (Wildman–Crippen MR) is 67.7 cm³/mol. The van der Waals surface area contributed by atoms with Gasteiger partial charge in [0.25, 0.3) is 0 Å². The van der Waals surface area contributed by atoms with E-state index in [1.165, 1.54) is 12.8 Å². The molecule has 1 aliphatic carbocycles. The third kappa shape index (κ3) is 2.01. The van der Waals surface area contributed by atoms with Gasteiger partial charge >= 0.3 is 0 Å². The van der Waals surface area contributed by atoms with Crippen molar-refractivity contribution in [2.45, 2.75) is 45.4 Å². The van der Waals surface area contributed by atoms with E-state index in [1.807, 2.05) is 12.1 Å². The maximum atomic E-state index is 10.3. The quantitative estimate of drug-likeness (QED) is 0.602. The number of nitrogen functional groups attached to an aromatic ring is 1. The van der Waals surface area contributed by atoms with E-state index < -0.39 is 0 Å². The largest absolute Gasteiger partial charge is 0.507 e. The molecule has 0 heterocycles. The van der Waals surface area contributed by atoms with Gasteiger partial charge in [-0.05, 0) is 53.9 Å². The maximum absolute atomic E-state index is 10.3. The zero-order valence-electron chi connectivity index (χ0n) is 10.3. The molecule has 0 saturated heterocycles. The van der Waals surface area contributed by atoms with Crippen molar-refractivity contribution < 1.29 is 5.11 Å².